The Morgan fingerprint density at radius 3 is 2.45 bits per heavy atom. The van der Waals surface area contributed by atoms with E-state index in [-0.39, 0.29) is 5.97 Å². The number of benzene rings is 2. The van der Waals surface area contributed by atoms with Crippen LogP contribution in [-0.2, 0) is 4.74 Å². The number of rotatable bonds is 1. The van der Waals surface area contributed by atoms with Crippen molar-refractivity contribution >= 4 is 11.7 Å². The van der Waals surface area contributed by atoms with Crippen molar-refractivity contribution in [3.63, 3.8) is 0 Å². The van der Waals surface area contributed by atoms with Crippen LogP contribution in [0.3, 0.4) is 0 Å². The van der Waals surface area contributed by atoms with Gasteiger partial charge in [0.15, 0.2) is 0 Å². The van der Waals surface area contributed by atoms with Crippen LogP contribution >= 0.6 is 0 Å². The number of carbonyl (C=O) groups is 1. The minimum Gasteiger partial charge on any atom is -0.465 e. The number of anilines is 1. The minimum atomic E-state index is -0.351. The van der Waals surface area contributed by atoms with E-state index in [2.05, 4.69) is 16.6 Å². The number of esters is 1. The average molecular weight is 265 g/mol. The molecule has 2 aromatic carbocycles. The summed E-state index contributed by atoms with van der Waals surface area (Å²) in [7, 11) is 1.36. The summed E-state index contributed by atoms with van der Waals surface area (Å²) in [6, 6.07) is 12.6. The van der Waals surface area contributed by atoms with Crippen LogP contribution in [0.2, 0.25) is 0 Å². The molecule has 0 spiro atoms. The Bertz CT molecular complexity index is 691. The lowest BCUT2D eigenvalue weighted by atomic mass is 10.1. The summed E-state index contributed by atoms with van der Waals surface area (Å²) in [5.74, 6) is 5.79. The lowest BCUT2D eigenvalue weighted by Crippen LogP contribution is -2.00. The van der Waals surface area contributed by atoms with E-state index in [9.17, 15) is 4.79 Å². The Labute approximate surface area is 118 Å². The molecule has 0 aliphatic carbocycles. The Morgan fingerprint density at radius 2 is 1.80 bits per heavy atom. The van der Waals surface area contributed by atoms with Gasteiger partial charge >= 0.3 is 5.97 Å². The molecule has 2 N–H and O–H groups in total. The molecule has 0 atom stereocenters. The minimum absolute atomic E-state index is 0.351. The van der Waals surface area contributed by atoms with Gasteiger partial charge in [-0.05, 0) is 48.9 Å². The number of hydrogen-bond donors (Lipinski definition) is 1. The lowest BCUT2D eigenvalue weighted by molar-refractivity contribution is 0.0601. The first-order chi connectivity index (χ1) is 9.60. The van der Waals surface area contributed by atoms with Crippen LogP contribution in [0, 0.1) is 18.8 Å². The van der Waals surface area contributed by atoms with Gasteiger partial charge in [-0.15, -0.1) is 0 Å². The fourth-order valence-corrected chi connectivity index (χ4v) is 1.72. The van der Waals surface area contributed by atoms with Crippen molar-refractivity contribution in [3.8, 4) is 11.8 Å². The van der Waals surface area contributed by atoms with Gasteiger partial charge in [0.25, 0.3) is 0 Å². The number of carbonyl (C=O) groups excluding carboxylic acids is 1. The quantitative estimate of drug-likeness (QED) is 0.490. The van der Waals surface area contributed by atoms with E-state index < -0.39 is 0 Å². The summed E-state index contributed by atoms with van der Waals surface area (Å²) in [4.78, 5) is 11.3. The smallest absolute Gasteiger partial charge is 0.337 e. The zero-order valence-corrected chi connectivity index (χ0v) is 11.4. The Balaban J connectivity index is 2.25. The van der Waals surface area contributed by atoms with E-state index in [0.717, 1.165) is 16.7 Å². The molecule has 0 amide bonds. The molecule has 0 aromatic heterocycles. The van der Waals surface area contributed by atoms with E-state index in [0.29, 0.717) is 11.3 Å². The molecule has 0 saturated carbocycles. The van der Waals surface area contributed by atoms with Crippen LogP contribution in [-0.4, -0.2) is 13.1 Å². The third-order valence-corrected chi connectivity index (χ3v) is 2.91. The van der Waals surface area contributed by atoms with Gasteiger partial charge in [-0.2, -0.15) is 0 Å². The molecule has 2 rings (SSSR count). The molecule has 3 heteroatoms. The average Bonchev–Trinajstić information content (AvgIpc) is 2.48. The molecule has 2 aromatic rings. The van der Waals surface area contributed by atoms with Crippen LogP contribution in [0.1, 0.15) is 27.0 Å². The standard InChI is InChI=1S/C17H15NO2/c1-12-3-10-16(18)11-15(12)9-6-13-4-7-14(8-5-13)17(19)20-2/h3-5,7-8,10-11H,18H2,1-2H3. The predicted octanol–water partition coefficient (Wildman–Crippen LogP) is 2.76. The van der Waals surface area contributed by atoms with E-state index in [1.165, 1.54) is 7.11 Å². The third-order valence-electron chi connectivity index (χ3n) is 2.91. The molecule has 0 aliphatic heterocycles. The van der Waals surface area contributed by atoms with Gasteiger partial charge in [0.1, 0.15) is 0 Å². The first-order valence-corrected chi connectivity index (χ1v) is 6.16. The number of nitrogens with two attached hydrogens (primary N) is 1. The van der Waals surface area contributed by atoms with Gasteiger partial charge in [-0.3, -0.25) is 0 Å². The summed E-state index contributed by atoms with van der Waals surface area (Å²) in [5, 5.41) is 0. The van der Waals surface area contributed by atoms with Crippen LogP contribution in [0.15, 0.2) is 42.5 Å². The third kappa shape index (κ3) is 3.18. The van der Waals surface area contributed by atoms with Crippen molar-refractivity contribution < 1.29 is 9.53 Å². The van der Waals surface area contributed by atoms with Crippen LogP contribution in [0.25, 0.3) is 0 Å². The second kappa shape index (κ2) is 5.94. The van der Waals surface area contributed by atoms with Crippen molar-refractivity contribution in [2.75, 3.05) is 12.8 Å². The fourth-order valence-electron chi connectivity index (χ4n) is 1.72. The van der Waals surface area contributed by atoms with E-state index in [4.69, 9.17) is 5.73 Å². The number of hydrogen-bond acceptors (Lipinski definition) is 3. The molecule has 0 unspecified atom stereocenters. The molecule has 0 bridgehead atoms. The summed E-state index contributed by atoms with van der Waals surface area (Å²) in [5.41, 5.74) is 9.77. The van der Waals surface area contributed by atoms with Crippen molar-refractivity contribution in [1.29, 1.82) is 0 Å². The maximum Gasteiger partial charge on any atom is 0.337 e. The summed E-state index contributed by atoms with van der Waals surface area (Å²) in [6.45, 7) is 1.99. The zero-order chi connectivity index (χ0) is 14.5. The van der Waals surface area contributed by atoms with Gasteiger partial charge in [0.05, 0.1) is 12.7 Å². The first kappa shape index (κ1) is 13.7. The van der Waals surface area contributed by atoms with Gasteiger partial charge in [-0.25, -0.2) is 4.79 Å². The van der Waals surface area contributed by atoms with Gasteiger partial charge in [0.2, 0.25) is 0 Å². The molecular weight excluding hydrogens is 250 g/mol. The number of nitrogen functional groups attached to an aromatic ring is 1. The molecule has 20 heavy (non-hydrogen) atoms. The van der Waals surface area contributed by atoms with Crippen molar-refractivity contribution in [3.05, 3.63) is 64.7 Å². The summed E-state index contributed by atoms with van der Waals surface area (Å²) < 4.78 is 4.65. The van der Waals surface area contributed by atoms with Crippen molar-refractivity contribution in [2.24, 2.45) is 0 Å². The van der Waals surface area contributed by atoms with E-state index >= 15 is 0 Å². The number of ether oxygens (including phenoxy) is 1. The second-order valence-corrected chi connectivity index (χ2v) is 4.39. The molecule has 0 aliphatic rings. The monoisotopic (exact) mass is 265 g/mol. The van der Waals surface area contributed by atoms with E-state index in [1.807, 2.05) is 25.1 Å². The molecular formula is C17H15NO2. The SMILES string of the molecule is COC(=O)c1ccc(C#Cc2cc(N)ccc2C)cc1. The molecule has 100 valence electrons. The molecule has 0 saturated heterocycles. The molecule has 0 fully saturated rings. The highest BCUT2D eigenvalue weighted by atomic mass is 16.5. The maximum absolute atomic E-state index is 11.3. The van der Waals surface area contributed by atoms with Crippen molar-refractivity contribution in [2.45, 2.75) is 6.92 Å². The Morgan fingerprint density at radius 1 is 1.10 bits per heavy atom. The first-order valence-electron chi connectivity index (χ1n) is 6.16. The lowest BCUT2D eigenvalue weighted by Gasteiger charge is -2.00. The van der Waals surface area contributed by atoms with Crippen LogP contribution < -0.4 is 5.73 Å². The summed E-state index contributed by atoms with van der Waals surface area (Å²) >= 11 is 0. The highest BCUT2D eigenvalue weighted by Gasteiger charge is 2.03. The number of methoxy groups -OCH3 is 1. The predicted molar refractivity (Wildman–Crippen MR) is 79.4 cm³/mol. The highest BCUT2D eigenvalue weighted by molar-refractivity contribution is 5.89. The van der Waals surface area contributed by atoms with Crippen LogP contribution in [0.5, 0.6) is 0 Å². The Hall–Kier alpha value is -2.73. The van der Waals surface area contributed by atoms with Gasteiger partial charge < -0.3 is 10.5 Å². The van der Waals surface area contributed by atoms with Crippen LogP contribution in [0.4, 0.5) is 5.69 Å². The zero-order valence-electron chi connectivity index (χ0n) is 11.4. The van der Waals surface area contributed by atoms with Gasteiger partial charge in [0, 0.05) is 16.8 Å². The molecule has 0 heterocycles. The topological polar surface area (TPSA) is 52.3 Å². The van der Waals surface area contributed by atoms with Crippen molar-refractivity contribution in [1.82, 2.24) is 0 Å². The number of aryl methyl sites for hydroxylation is 1. The Kier molecular flexibility index (Phi) is 4.07. The molecule has 0 radical (unpaired) electrons. The highest BCUT2D eigenvalue weighted by Crippen LogP contribution is 2.11. The normalized spacial score (nSPS) is 9.50. The fraction of sp³-hybridized carbons (Fsp3) is 0.118. The largest absolute Gasteiger partial charge is 0.465 e. The summed E-state index contributed by atoms with van der Waals surface area (Å²) in [6.07, 6.45) is 0. The van der Waals surface area contributed by atoms with Gasteiger partial charge in [-0.1, -0.05) is 17.9 Å². The van der Waals surface area contributed by atoms with E-state index in [1.54, 1.807) is 24.3 Å². The molecule has 3 nitrogen and oxygen atoms in total. The second-order valence-electron chi connectivity index (χ2n) is 4.39. The maximum atomic E-state index is 11.3.